The summed E-state index contributed by atoms with van der Waals surface area (Å²) in [5.41, 5.74) is 4.03. The molecular weight excluding hydrogens is 276 g/mol. The van der Waals surface area contributed by atoms with Crippen LogP contribution in [0.3, 0.4) is 0 Å². The number of fused-ring (bicyclic) bond motifs is 3. The molecule has 1 aromatic carbocycles. The Hall–Kier alpha value is -1.58. The molecule has 0 aromatic heterocycles. The molecule has 1 spiro atoms. The molecule has 4 heteroatoms. The van der Waals surface area contributed by atoms with Crippen LogP contribution in [0.5, 0.6) is 0 Å². The lowest BCUT2D eigenvalue weighted by atomic mass is 9.61. The Labute approximate surface area is 130 Å². The second kappa shape index (κ2) is 4.46. The Balaban J connectivity index is 1.90. The van der Waals surface area contributed by atoms with E-state index in [0.29, 0.717) is 12.5 Å². The van der Waals surface area contributed by atoms with Crippen molar-refractivity contribution in [3.63, 3.8) is 0 Å². The molecule has 2 fully saturated rings. The van der Waals surface area contributed by atoms with Gasteiger partial charge in [0.1, 0.15) is 0 Å². The topological polar surface area (TPSA) is 58.9 Å². The quantitative estimate of drug-likeness (QED) is 0.762. The van der Waals surface area contributed by atoms with E-state index in [0.717, 1.165) is 25.7 Å². The normalized spacial score (nSPS) is 41.8. The van der Waals surface area contributed by atoms with Gasteiger partial charge in [0, 0.05) is 5.92 Å². The first-order chi connectivity index (χ1) is 10.6. The van der Waals surface area contributed by atoms with Gasteiger partial charge in [-0.2, -0.15) is 9.81 Å². The summed E-state index contributed by atoms with van der Waals surface area (Å²) in [7, 11) is 0. The van der Waals surface area contributed by atoms with E-state index >= 15 is 0 Å². The first kappa shape index (κ1) is 14.0. The van der Waals surface area contributed by atoms with E-state index in [2.05, 4.69) is 42.4 Å². The Morgan fingerprint density at radius 1 is 1.32 bits per heavy atom. The maximum absolute atomic E-state index is 11.4. The summed E-state index contributed by atoms with van der Waals surface area (Å²) in [4.78, 5) is 22.5. The summed E-state index contributed by atoms with van der Waals surface area (Å²) in [6.07, 6.45) is 4.00. The predicted octanol–water partition coefficient (Wildman–Crippen LogP) is 4.66. The molecule has 0 N–H and O–H groups in total. The van der Waals surface area contributed by atoms with Crippen LogP contribution < -0.4 is 0 Å². The zero-order valence-electron chi connectivity index (χ0n) is 13.2. The molecule has 2 saturated carbocycles. The molecule has 0 heterocycles. The Bertz CT molecular complexity index is 658. The van der Waals surface area contributed by atoms with Crippen LogP contribution in [-0.2, 0) is 0 Å². The highest BCUT2D eigenvalue weighted by Gasteiger charge is 2.65. The van der Waals surface area contributed by atoms with Crippen LogP contribution in [0.4, 0.5) is 0 Å². The number of hydrogen-bond acceptors (Lipinski definition) is 4. The molecule has 1 unspecified atom stereocenters. The third-order valence-corrected chi connectivity index (χ3v) is 6.97. The van der Waals surface area contributed by atoms with Crippen molar-refractivity contribution < 1.29 is 0 Å². The Morgan fingerprint density at radius 3 is 2.86 bits per heavy atom. The molecule has 4 rings (SSSR count). The highest BCUT2D eigenvalue weighted by Crippen LogP contribution is 2.73. The van der Waals surface area contributed by atoms with Crippen molar-refractivity contribution >= 4 is 0 Å². The van der Waals surface area contributed by atoms with Crippen molar-refractivity contribution in [2.75, 3.05) is 6.54 Å². The average Bonchev–Trinajstić information content (AvgIpc) is 2.89. The zero-order valence-corrected chi connectivity index (χ0v) is 13.2. The maximum Gasteiger partial charge on any atom is 0.0979 e. The molecule has 3 aliphatic carbocycles. The van der Waals surface area contributed by atoms with Crippen LogP contribution in [0.1, 0.15) is 61.1 Å². The molecule has 0 aliphatic heterocycles. The number of aryl methyl sites for hydroxylation is 1. The van der Waals surface area contributed by atoms with E-state index in [9.17, 15) is 9.81 Å². The summed E-state index contributed by atoms with van der Waals surface area (Å²) < 4.78 is 0. The van der Waals surface area contributed by atoms with Crippen molar-refractivity contribution in [3.8, 4) is 0 Å². The number of nitroso groups, excluding NO2 is 2. The largest absolute Gasteiger partial charge is 0.151 e. The summed E-state index contributed by atoms with van der Waals surface area (Å²) in [6.45, 7) is 4.68. The zero-order chi connectivity index (χ0) is 15.5. The molecule has 0 saturated heterocycles. The van der Waals surface area contributed by atoms with E-state index in [1.165, 1.54) is 16.7 Å². The van der Waals surface area contributed by atoms with Gasteiger partial charge in [0.15, 0.2) is 0 Å². The molecule has 1 aromatic rings. The Morgan fingerprint density at radius 2 is 2.14 bits per heavy atom. The van der Waals surface area contributed by atoms with Crippen LogP contribution in [-0.4, -0.2) is 12.6 Å². The number of rotatable bonds is 3. The van der Waals surface area contributed by atoms with Gasteiger partial charge in [-0.3, -0.25) is 0 Å². The number of hydrogen-bond donors (Lipinski definition) is 0. The van der Waals surface area contributed by atoms with Crippen LogP contribution in [0.2, 0.25) is 0 Å². The summed E-state index contributed by atoms with van der Waals surface area (Å²) in [6, 6.07) is 6.37. The summed E-state index contributed by atoms with van der Waals surface area (Å²) >= 11 is 0. The Kier molecular flexibility index (Phi) is 2.85. The average molecular weight is 298 g/mol. The summed E-state index contributed by atoms with van der Waals surface area (Å²) in [5.74, 6) is 0.631. The minimum absolute atomic E-state index is 0.00926. The lowest BCUT2D eigenvalue weighted by Crippen LogP contribution is -2.34. The van der Waals surface area contributed by atoms with Gasteiger partial charge < -0.3 is 0 Å². The van der Waals surface area contributed by atoms with Gasteiger partial charge in [0.2, 0.25) is 0 Å². The number of nitrogens with zero attached hydrogens (tertiary/aromatic N) is 2. The van der Waals surface area contributed by atoms with Gasteiger partial charge in [0.25, 0.3) is 0 Å². The van der Waals surface area contributed by atoms with Gasteiger partial charge in [-0.15, -0.1) is 0 Å². The molecule has 22 heavy (non-hydrogen) atoms. The molecule has 2 bridgehead atoms. The molecule has 4 nitrogen and oxygen atoms in total. The van der Waals surface area contributed by atoms with Gasteiger partial charge >= 0.3 is 0 Å². The fourth-order valence-corrected chi connectivity index (χ4v) is 6.09. The predicted molar refractivity (Wildman–Crippen MR) is 85.9 cm³/mol. The molecular formula is C18H22N2O2. The van der Waals surface area contributed by atoms with Gasteiger partial charge in [-0.05, 0) is 66.0 Å². The van der Waals surface area contributed by atoms with Crippen LogP contribution >= 0.6 is 0 Å². The smallest absolute Gasteiger partial charge is 0.0979 e. The maximum atomic E-state index is 11.4. The second-order valence-corrected chi connectivity index (χ2v) is 7.92. The van der Waals surface area contributed by atoms with Crippen LogP contribution in [0, 0.1) is 27.6 Å². The number of benzene rings is 1. The van der Waals surface area contributed by atoms with E-state index < -0.39 is 0 Å². The SMILES string of the molecule is Cc1cccc2c1[C@H](CN=O)[C@@]13C[C@H](N=O)[C@@](C)(CCC21)C3. The highest BCUT2D eigenvalue weighted by molar-refractivity contribution is 5.49. The fourth-order valence-electron chi connectivity index (χ4n) is 6.09. The van der Waals surface area contributed by atoms with Crippen molar-refractivity contribution in [2.45, 2.75) is 57.4 Å². The van der Waals surface area contributed by atoms with Gasteiger partial charge in [-0.25, -0.2) is 0 Å². The van der Waals surface area contributed by atoms with Gasteiger partial charge in [-0.1, -0.05) is 35.5 Å². The lowest BCUT2D eigenvalue weighted by molar-refractivity contribution is 0.111. The minimum atomic E-state index is -0.110. The first-order valence-electron chi connectivity index (χ1n) is 8.27. The van der Waals surface area contributed by atoms with E-state index in [4.69, 9.17) is 0 Å². The monoisotopic (exact) mass is 298 g/mol. The molecule has 0 radical (unpaired) electrons. The second-order valence-electron chi connectivity index (χ2n) is 7.92. The minimum Gasteiger partial charge on any atom is -0.151 e. The van der Waals surface area contributed by atoms with Crippen LogP contribution in [0.15, 0.2) is 28.6 Å². The van der Waals surface area contributed by atoms with Crippen molar-refractivity contribution in [1.82, 2.24) is 0 Å². The molecule has 116 valence electrons. The van der Waals surface area contributed by atoms with E-state index in [1.807, 2.05) is 0 Å². The molecule has 5 atom stereocenters. The standard InChI is InChI=1S/C18H22N2O2/c1-11-4-3-5-12-13-6-7-17(2)10-18(13,8-15(17)20-22)14(9-19-21)16(11)12/h3-5,13-15H,6-10H2,1-2H3/t13?,14-,15-,17-,18+/m0/s1. The molecule has 0 amide bonds. The summed E-state index contributed by atoms with van der Waals surface area (Å²) in [5, 5.41) is 6.75. The fraction of sp³-hybridized carbons (Fsp3) is 0.667. The first-order valence-corrected chi connectivity index (χ1v) is 8.27. The lowest BCUT2D eigenvalue weighted by Gasteiger charge is -2.43. The molecule has 3 aliphatic rings. The third kappa shape index (κ3) is 1.53. The third-order valence-electron chi connectivity index (χ3n) is 6.97. The van der Waals surface area contributed by atoms with E-state index in [1.54, 1.807) is 0 Å². The van der Waals surface area contributed by atoms with Gasteiger partial charge in [0.05, 0.1) is 12.6 Å². The van der Waals surface area contributed by atoms with Crippen molar-refractivity contribution in [1.29, 1.82) is 0 Å². The highest BCUT2D eigenvalue weighted by atomic mass is 16.3. The van der Waals surface area contributed by atoms with Crippen molar-refractivity contribution in [2.24, 2.45) is 21.2 Å². The van der Waals surface area contributed by atoms with E-state index in [-0.39, 0.29) is 22.8 Å². The van der Waals surface area contributed by atoms with Crippen LogP contribution in [0.25, 0.3) is 0 Å². The van der Waals surface area contributed by atoms with Crippen molar-refractivity contribution in [3.05, 3.63) is 44.7 Å².